The van der Waals surface area contributed by atoms with Crippen molar-refractivity contribution in [2.75, 3.05) is 46.5 Å². The minimum atomic E-state index is 0.503. The molecule has 2 N–H and O–H groups in total. The van der Waals surface area contributed by atoms with Crippen LogP contribution in [0.4, 0.5) is 0 Å². The van der Waals surface area contributed by atoms with Crippen LogP contribution in [-0.4, -0.2) is 63.4 Å². The Morgan fingerprint density at radius 3 is 2.82 bits per heavy atom. The van der Waals surface area contributed by atoms with Gasteiger partial charge in [0.1, 0.15) is 5.75 Å². The Hall–Kier alpha value is -1.79. The van der Waals surface area contributed by atoms with Gasteiger partial charge in [-0.15, -0.1) is 0 Å². The predicted octanol–water partition coefficient (Wildman–Crippen LogP) is 2.56. The summed E-state index contributed by atoms with van der Waals surface area (Å²) in [7, 11) is 1.82. The highest BCUT2D eigenvalue weighted by Gasteiger charge is 2.27. The lowest BCUT2D eigenvalue weighted by Gasteiger charge is -2.21. The van der Waals surface area contributed by atoms with Gasteiger partial charge in [0, 0.05) is 50.8 Å². The average molecular weight is 389 g/mol. The average Bonchev–Trinajstić information content (AvgIpc) is 3.41. The van der Waals surface area contributed by atoms with E-state index in [2.05, 4.69) is 52.6 Å². The highest BCUT2D eigenvalue weighted by molar-refractivity contribution is 5.79. The van der Waals surface area contributed by atoms with E-state index in [-0.39, 0.29) is 0 Å². The van der Waals surface area contributed by atoms with Gasteiger partial charge in [-0.05, 0) is 44.4 Å². The van der Waals surface area contributed by atoms with E-state index in [4.69, 9.17) is 9.47 Å². The highest BCUT2D eigenvalue weighted by Crippen LogP contribution is 2.26. The predicted molar refractivity (Wildman–Crippen MR) is 114 cm³/mol. The molecule has 1 saturated carbocycles. The lowest BCUT2D eigenvalue weighted by molar-refractivity contribution is 0.166. The number of hydrogen-bond donors (Lipinski definition) is 2. The van der Waals surface area contributed by atoms with Crippen molar-refractivity contribution in [2.24, 2.45) is 10.9 Å². The molecule has 28 heavy (non-hydrogen) atoms. The zero-order chi connectivity index (χ0) is 19.8. The Labute approximate surface area is 169 Å². The molecule has 1 aromatic carbocycles. The van der Waals surface area contributed by atoms with Gasteiger partial charge in [-0.1, -0.05) is 19.1 Å². The van der Waals surface area contributed by atoms with Gasteiger partial charge in [-0.3, -0.25) is 9.89 Å². The fourth-order valence-electron chi connectivity index (χ4n) is 3.62. The second kappa shape index (κ2) is 10.7. The van der Waals surface area contributed by atoms with Gasteiger partial charge in [-0.25, -0.2) is 0 Å². The molecule has 1 saturated heterocycles. The molecule has 1 aromatic rings. The third-order valence-corrected chi connectivity index (χ3v) is 5.55. The first-order valence-electron chi connectivity index (χ1n) is 10.7. The first kappa shape index (κ1) is 20.9. The summed E-state index contributed by atoms with van der Waals surface area (Å²) in [6.45, 7) is 10.5. The number of rotatable bonds is 10. The van der Waals surface area contributed by atoms with Crippen LogP contribution in [0.5, 0.6) is 5.75 Å². The molecule has 156 valence electrons. The van der Waals surface area contributed by atoms with Crippen LogP contribution in [0, 0.1) is 12.8 Å². The Balaban J connectivity index is 1.47. The molecular weight excluding hydrogens is 352 g/mol. The zero-order valence-corrected chi connectivity index (χ0v) is 17.7. The number of nitrogens with one attached hydrogen (secondary N) is 2. The summed E-state index contributed by atoms with van der Waals surface area (Å²) < 4.78 is 11.6. The van der Waals surface area contributed by atoms with Crippen LogP contribution in [0.15, 0.2) is 23.2 Å². The molecule has 0 amide bonds. The van der Waals surface area contributed by atoms with Crippen LogP contribution in [0.3, 0.4) is 0 Å². The van der Waals surface area contributed by atoms with Crippen LogP contribution in [0.25, 0.3) is 0 Å². The molecule has 6 nitrogen and oxygen atoms in total. The molecule has 2 fully saturated rings. The zero-order valence-electron chi connectivity index (χ0n) is 17.7. The number of guanidine groups is 1. The second-order valence-corrected chi connectivity index (χ2v) is 7.86. The van der Waals surface area contributed by atoms with Gasteiger partial charge in [0.2, 0.25) is 0 Å². The van der Waals surface area contributed by atoms with Crippen molar-refractivity contribution in [1.29, 1.82) is 0 Å². The fraction of sp³-hybridized carbons (Fsp3) is 0.682. The van der Waals surface area contributed by atoms with Gasteiger partial charge in [0.05, 0.1) is 13.2 Å². The molecule has 6 heteroatoms. The van der Waals surface area contributed by atoms with E-state index >= 15 is 0 Å². The summed E-state index contributed by atoms with van der Waals surface area (Å²) in [6.07, 6.45) is 3.79. The van der Waals surface area contributed by atoms with Crippen LogP contribution >= 0.6 is 0 Å². The maximum Gasteiger partial charge on any atom is 0.191 e. The first-order chi connectivity index (χ1) is 13.7. The van der Waals surface area contributed by atoms with E-state index in [1.165, 1.54) is 18.4 Å². The van der Waals surface area contributed by atoms with Crippen molar-refractivity contribution < 1.29 is 9.47 Å². The summed E-state index contributed by atoms with van der Waals surface area (Å²) >= 11 is 0. The van der Waals surface area contributed by atoms with E-state index in [0.29, 0.717) is 12.5 Å². The molecule has 0 aromatic heterocycles. The van der Waals surface area contributed by atoms with Crippen LogP contribution < -0.4 is 15.4 Å². The number of aryl methyl sites for hydroxylation is 1. The topological polar surface area (TPSA) is 58.1 Å². The number of benzene rings is 1. The Kier molecular flexibility index (Phi) is 7.98. The highest BCUT2D eigenvalue weighted by atomic mass is 16.5. The summed E-state index contributed by atoms with van der Waals surface area (Å²) in [5.41, 5.74) is 2.37. The van der Waals surface area contributed by atoms with Gasteiger partial charge < -0.3 is 20.1 Å². The molecule has 0 bridgehead atoms. The molecule has 1 unspecified atom stereocenters. The lowest BCUT2D eigenvalue weighted by Crippen LogP contribution is -2.41. The largest absolute Gasteiger partial charge is 0.493 e. The van der Waals surface area contributed by atoms with Crippen LogP contribution in [0.2, 0.25) is 0 Å². The second-order valence-electron chi connectivity index (χ2n) is 7.86. The molecular formula is C22H36N4O2. The van der Waals surface area contributed by atoms with Crippen molar-refractivity contribution in [3.63, 3.8) is 0 Å². The third kappa shape index (κ3) is 6.38. The van der Waals surface area contributed by atoms with E-state index in [1.54, 1.807) is 0 Å². The number of nitrogens with zero attached hydrogens (tertiary/aromatic N) is 2. The molecule has 1 aliphatic heterocycles. The maximum atomic E-state index is 6.14. The maximum absolute atomic E-state index is 6.14. The van der Waals surface area contributed by atoms with E-state index < -0.39 is 0 Å². The monoisotopic (exact) mass is 388 g/mol. The van der Waals surface area contributed by atoms with Crippen molar-refractivity contribution in [2.45, 2.75) is 45.7 Å². The minimum Gasteiger partial charge on any atom is -0.493 e. The number of aliphatic imine (C=N–C) groups is 1. The molecule has 1 atom stereocenters. The quantitative estimate of drug-likeness (QED) is 0.477. The standard InChI is InChI=1S/C22H36N4O2/c1-4-26(20-7-8-20)11-10-24-22(23-3)25-14-19-6-5-17(2)13-21(19)28-16-18-9-12-27-15-18/h5-6,13,18,20H,4,7-12,14-16H2,1-3H3,(H2,23,24,25). The van der Waals surface area contributed by atoms with E-state index in [1.807, 2.05) is 7.05 Å². The lowest BCUT2D eigenvalue weighted by atomic mass is 10.1. The van der Waals surface area contributed by atoms with Crippen LogP contribution in [0.1, 0.15) is 37.3 Å². The Morgan fingerprint density at radius 2 is 2.14 bits per heavy atom. The van der Waals surface area contributed by atoms with E-state index in [0.717, 1.165) is 69.2 Å². The molecule has 3 rings (SSSR count). The summed E-state index contributed by atoms with van der Waals surface area (Å²) in [5.74, 6) is 2.30. The third-order valence-electron chi connectivity index (χ3n) is 5.55. The number of ether oxygens (including phenoxy) is 2. The minimum absolute atomic E-state index is 0.503. The SMILES string of the molecule is CCN(CCNC(=NC)NCc1ccc(C)cc1OCC1CCOC1)C1CC1. The first-order valence-corrected chi connectivity index (χ1v) is 10.7. The Morgan fingerprint density at radius 1 is 1.29 bits per heavy atom. The molecule has 2 aliphatic rings. The van der Waals surface area contributed by atoms with Crippen LogP contribution in [-0.2, 0) is 11.3 Å². The van der Waals surface area contributed by atoms with E-state index in [9.17, 15) is 0 Å². The fourth-order valence-corrected chi connectivity index (χ4v) is 3.62. The smallest absolute Gasteiger partial charge is 0.191 e. The van der Waals surface area contributed by atoms with Gasteiger partial charge in [0.25, 0.3) is 0 Å². The Bertz CT molecular complexity index is 639. The number of likely N-dealkylation sites (N-methyl/N-ethyl adjacent to an activating group) is 1. The van der Waals surface area contributed by atoms with Gasteiger partial charge in [-0.2, -0.15) is 0 Å². The molecule has 0 radical (unpaired) electrons. The molecule has 1 aliphatic carbocycles. The van der Waals surface area contributed by atoms with Crippen molar-refractivity contribution in [1.82, 2.24) is 15.5 Å². The summed E-state index contributed by atoms with van der Waals surface area (Å²) in [5, 5.41) is 6.86. The van der Waals surface area contributed by atoms with Gasteiger partial charge in [0.15, 0.2) is 5.96 Å². The molecule has 0 spiro atoms. The summed E-state index contributed by atoms with van der Waals surface area (Å²) in [6, 6.07) is 7.20. The normalized spacial score (nSPS) is 19.9. The van der Waals surface area contributed by atoms with Crippen molar-refractivity contribution in [3.05, 3.63) is 29.3 Å². The molecule has 1 heterocycles. The van der Waals surface area contributed by atoms with Gasteiger partial charge >= 0.3 is 0 Å². The number of hydrogen-bond acceptors (Lipinski definition) is 4. The van der Waals surface area contributed by atoms with Crippen molar-refractivity contribution in [3.8, 4) is 5.75 Å². The summed E-state index contributed by atoms with van der Waals surface area (Å²) in [4.78, 5) is 6.90. The van der Waals surface area contributed by atoms with Crippen molar-refractivity contribution >= 4 is 5.96 Å².